The van der Waals surface area contributed by atoms with Gasteiger partial charge < -0.3 is 0 Å². The number of benzene rings is 9. The average Bonchev–Trinajstić information content (AvgIpc) is 3.58. The number of aromatic nitrogens is 3. The molecule has 2 aromatic heterocycles. The van der Waals surface area contributed by atoms with Gasteiger partial charge in [0, 0.05) is 21.7 Å². The minimum Gasteiger partial charge on any atom is -0.278 e. The number of nitrogens with zero attached hydrogens (tertiary/aromatic N) is 3. The van der Waals surface area contributed by atoms with Crippen molar-refractivity contribution in [3.63, 3.8) is 0 Å². The van der Waals surface area contributed by atoms with Crippen LogP contribution in [0.25, 0.3) is 105 Å². The van der Waals surface area contributed by atoms with Gasteiger partial charge in [-0.3, -0.25) is 4.57 Å². The van der Waals surface area contributed by atoms with Crippen LogP contribution in [0.5, 0.6) is 0 Å². The lowest BCUT2D eigenvalue weighted by atomic mass is 9.90. The standard InChI is InChI=1S/C52H33N3/c1-3-13-34(14-4-1)36-23-26-37(27-24-36)45-33-48-47(32-44(45)42-28-25-35-15-7-8-18-39(35)29-42)51(38-16-5-2-6-17-38)54-52(53-48)55-49-22-12-11-21-43(49)46-30-40-19-9-10-20-41(40)31-50(46)55/h1-33H. The van der Waals surface area contributed by atoms with Crippen LogP contribution in [0.15, 0.2) is 200 Å². The molecule has 0 fully saturated rings. The van der Waals surface area contributed by atoms with Crippen molar-refractivity contribution in [2.75, 3.05) is 0 Å². The Morgan fingerprint density at radius 2 is 0.873 bits per heavy atom. The van der Waals surface area contributed by atoms with Crippen molar-refractivity contribution in [1.29, 1.82) is 0 Å². The van der Waals surface area contributed by atoms with E-state index in [1.54, 1.807) is 0 Å². The summed E-state index contributed by atoms with van der Waals surface area (Å²) in [6, 6.07) is 71.7. The zero-order valence-electron chi connectivity index (χ0n) is 29.9. The van der Waals surface area contributed by atoms with Crippen molar-refractivity contribution in [1.82, 2.24) is 14.5 Å². The predicted octanol–water partition coefficient (Wildman–Crippen LogP) is 13.7. The van der Waals surface area contributed by atoms with Gasteiger partial charge in [-0.15, -0.1) is 0 Å². The minimum absolute atomic E-state index is 0.650. The zero-order valence-corrected chi connectivity index (χ0v) is 29.9. The molecule has 11 aromatic rings. The molecule has 0 aliphatic carbocycles. The average molecular weight is 700 g/mol. The van der Waals surface area contributed by atoms with Gasteiger partial charge in [-0.1, -0.05) is 164 Å². The summed E-state index contributed by atoms with van der Waals surface area (Å²) in [4.78, 5) is 11.0. The van der Waals surface area contributed by atoms with Gasteiger partial charge in [0.05, 0.1) is 22.2 Å². The van der Waals surface area contributed by atoms with E-state index in [-0.39, 0.29) is 0 Å². The summed E-state index contributed by atoms with van der Waals surface area (Å²) in [7, 11) is 0. The van der Waals surface area contributed by atoms with Crippen LogP contribution in [0.2, 0.25) is 0 Å². The van der Waals surface area contributed by atoms with Crippen LogP contribution in [-0.4, -0.2) is 14.5 Å². The third-order valence-corrected chi connectivity index (χ3v) is 11.0. The van der Waals surface area contributed by atoms with E-state index in [0.717, 1.165) is 55.4 Å². The lowest BCUT2D eigenvalue weighted by Gasteiger charge is -2.17. The molecule has 256 valence electrons. The van der Waals surface area contributed by atoms with E-state index in [4.69, 9.17) is 9.97 Å². The molecule has 55 heavy (non-hydrogen) atoms. The Morgan fingerprint density at radius 3 is 1.64 bits per heavy atom. The molecule has 0 saturated heterocycles. The molecule has 0 amide bonds. The molecule has 0 N–H and O–H groups in total. The second kappa shape index (κ2) is 12.6. The first-order valence-corrected chi connectivity index (χ1v) is 18.7. The smallest absolute Gasteiger partial charge is 0.235 e. The first kappa shape index (κ1) is 31.2. The van der Waals surface area contributed by atoms with Gasteiger partial charge in [-0.2, -0.15) is 0 Å². The van der Waals surface area contributed by atoms with Gasteiger partial charge in [0.25, 0.3) is 0 Å². The molecule has 0 atom stereocenters. The molecule has 11 rings (SSSR count). The van der Waals surface area contributed by atoms with Gasteiger partial charge in [-0.05, 0) is 91.3 Å². The Balaban J connectivity index is 1.21. The van der Waals surface area contributed by atoms with Crippen LogP contribution < -0.4 is 0 Å². The lowest BCUT2D eigenvalue weighted by molar-refractivity contribution is 1.01. The van der Waals surface area contributed by atoms with E-state index in [0.29, 0.717) is 5.95 Å². The molecular weight excluding hydrogens is 667 g/mol. The van der Waals surface area contributed by atoms with Crippen LogP contribution in [0.1, 0.15) is 0 Å². The fourth-order valence-corrected chi connectivity index (χ4v) is 8.26. The van der Waals surface area contributed by atoms with Crippen LogP contribution in [0.3, 0.4) is 0 Å². The number of hydrogen-bond donors (Lipinski definition) is 0. The molecule has 0 bridgehead atoms. The Bertz CT molecular complexity index is 3230. The molecule has 0 radical (unpaired) electrons. The highest BCUT2D eigenvalue weighted by molar-refractivity contribution is 6.13. The van der Waals surface area contributed by atoms with E-state index in [9.17, 15) is 0 Å². The van der Waals surface area contributed by atoms with Crippen LogP contribution in [0, 0.1) is 0 Å². The van der Waals surface area contributed by atoms with E-state index in [2.05, 4.69) is 205 Å². The molecule has 0 aliphatic heterocycles. The quantitative estimate of drug-likeness (QED) is 0.179. The Labute approximate surface area is 318 Å². The van der Waals surface area contributed by atoms with Gasteiger partial charge in [0.2, 0.25) is 5.95 Å². The van der Waals surface area contributed by atoms with Gasteiger partial charge >= 0.3 is 0 Å². The first-order valence-electron chi connectivity index (χ1n) is 18.7. The summed E-state index contributed by atoms with van der Waals surface area (Å²) in [5.74, 6) is 0.650. The maximum Gasteiger partial charge on any atom is 0.235 e. The van der Waals surface area contributed by atoms with Crippen molar-refractivity contribution in [2.24, 2.45) is 0 Å². The van der Waals surface area contributed by atoms with Crippen molar-refractivity contribution < 1.29 is 0 Å². The minimum atomic E-state index is 0.650. The third kappa shape index (κ3) is 5.28. The largest absolute Gasteiger partial charge is 0.278 e. The molecule has 0 saturated carbocycles. The summed E-state index contributed by atoms with van der Waals surface area (Å²) in [5.41, 5.74) is 11.9. The fraction of sp³-hybridized carbons (Fsp3) is 0. The highest BCUT2D eigenvalue weighted by atomic mass is 15.2. The summed E-state index contributed by atoms with van der Waals surface area (Å²) < 4.78 is 2.24. The number of para-hydroxylation sites is 1. The number of rotatable bonds is 5. The summed E-state index contributed by atoms with van der Waals surface area (Å²) >= 11 is 0. The molecule has 0 unspecified atom stereocenters. The summed E-state index contributed by atoms with van der Waals surface area (Å²) in [6.07, 6.45) is 0. The molecule has 0 spiro atoms. The first-order chi connectivity index (χ1) is 27.2. The van der Waals surface area contributed by atoms with E-state index in [1.165, 1.54) is 43.4 Å². The molecule has 9 aromatic carbocycles. The topological polar surface area (TPSA) is 30.7 Å². The molecule has 3 nitrogen and oxygen atoms in total. The SMILES string of the molecule is c1ccc(-c2ccc(-c3cc4nc(-n5c6ccccc6c6cc7ccccc7cc65)nc(-c5ccccc5)c4cc3-c3ccc4ccccc4c3)cc2)cc1. The van der Waals surface area contributed by atoms with Crippen LogP contribution in [0.4, 0.5) is 0 Å². The zero-order chi connectivity index (χ0) is 36.3. The van der Waals surface area contributed by atoms with Gasteiger partial charge in [0.15, 0.2) is 0 Å². The van der Waals surface area contributed by atoms with Gasteiger partial charge in [-0.25, -0.2) is 9.97 Å². The molecule has 3 heteroatoms. The number of hydrogen-bond acceptors (Lipinski definition) is 2. The van der Waals surface area contributed by atoms with Crippen molar-refractivity contribution in [3.8, 4) is 50.6 Å². The number of fused-ring (bicyclic) bond motifs is 6. The second-order valence-corrected chi connectivity index (χ2v) is 14.2. The van der Waals surface area contributed by atoms with Crippen molar-refractivity contribution in [3.05, 3.63) is 200 Å². The second-order valence-electron chi connectivity index (χ2n) is 14.2. The van der Waals surface area contributed by atoms with Crippen molar-refractivity contribution >= 4 is 54.3 Å². The summed E-state index contributed by atoms with van der Waals surface area (Å²) in [6.45, 7) is 0. The normalized spacial score (nSPS) is 11.6. The van der Waals surface area contributed by atoms with E-state index < -0.39 is 0 Å². The van der Waals surface area contributed by atoms with Crippen molar-refractivity contribution in [2.45, 2.75) is 0 Å². The van der Waals surface area contributed by atoms with Crippen LogP contribution >= 0.6 is 0 Å². The third-order valence-electron chi connectivity index (χ3n) is 11.0. The Hall–Kier alpha value is -7.36. The fourth-order valence-electron chi connectivity index (χ4n) is 8.26. The summed E-state index contributed by atoms with van der Waals surface area (Å²) in [5, 5.41) is 8.20. The lowest BCUT2D eigenvalue weighted by Crippen LogP contribution is -2.04. The molecular formula is C52H33N3. The monoisotopic (exact) mass is 699 g/mol. The van der Waals surface area contributed by atoms with Crippen LogP contribution in [-0.2, 0) is 0 Å². The van der Waals surface area contributed by atoms with Gasteiger partial charge in [0.1, 0.15) is 0 Å². The van der Waals surface area contributed by atoms with E-state index >= 15 is 0 Å². The van der Waals surface area contributed by atoms with E-state index in [1.807, 2.05) is 0 Å². The molecule has 2 heterocycles. The maximum atomic E-state index is 5.48. The highest BCUT2D eigenvalue weighted by Gasteiger charge is 2.20. The maximum absolute atomic E-state index is 5.48. The molecule has 0 aliphatic rings. The Morgan fingerprint density at radius 1 is 0.309 bits per heavy atom. The Kier molecular flexibility index (Phi) is 7.17. The highest BCUT2D eigenvalue weighted by Crippen LogP contribution is 2.41. The predicted molar refractivity (Wildman–Crippen MR) is 231 cm³/mol.